The van der Waals surface area contributed by atoms with Crippen LogP contribution < -0.4 is 10.1 Å². The summed E-state index contributed by atoms with van der Waals surface area (Å²) in [6.07, 6.45) is 2.57. The van der Waals surface area contributed by atoms with E-state index in [-0.39, 0.29) is 30.3 Å². The molecule has 46 heavy (non-hydrogen) atoms. The van der Waals surface area contributed by atoms with Crippen molar-refractivity contribution in [2.24, 2.45) is 0 Å². The lowest BCUT2D eigenvalue weighted by atomic mass is 9.98. The van der Waals surface area contributed by atoms with Crippen molar-refractivity contribution in [2.75, 3.05) is 32.8 Å². The van der Waals surface area contributed by atoms with Crippen molar-refractivity contribution < 1.29 is 23.8 Å². The second-order valence-electron chi connectivity index (χ2n) is 13.6. The lowest BCUT2D eigenvalue weighted by Gasteiger charge is -2.33. The van der Waals surface area contributed by atoms with E-state index in [1.165, 1.54) is 22.3 Å². The zero-order chi connectivity index (χ0) is 32.3. The summed E-state index contributed by atoms with van der Waals surface area (Å²) in [5, 5.41) is 3.69. The Morgan fingerprint density at radius 3 is 2.11 bits per heavy atom. The molecule has 0 bridgehead atoms. The monoisotopic (exact) mass is 645 g/mol. The lowest BCUT2D eigenvalue weighted by Crippen LogP contribution is -2.44. The number of nitrogens with one attached hydrogen (secondary N) is 1. The quantitative estimate of drug-likeness (QED) is 0.285. The van der Waals surface area contributed by atoms with Crippen molar-refractivity contribution in [3.05, 3.63) is 88.4 Å². The summed E-state index contributed by atoms with van der Waals surface area (Å²) in [7, 11) is 0. The summed E-state index contributed by atoms with van der Waals surface area (Å²) < 4.78 is 17.5. The number of ether oxygens (including phenoxy) is 3. The maximum absolute atomic E-state index is 12.8. The Morgan fingerprint density at radius 2 is 1.50 bits per heavy atom. The van der Waals surface area contributed by atoms with E-state index < -0.39 is 5.60 Å². The van der Waals surface area contributed by atoms with Crippen LogP contribution in [0, 0.1) is 0 Å². The van der Waals surface area contributed by atoms with Gasteiger partial charge in [0.25, 0.3) is 0 Å². The molecule has 2 aliphatic heterocycles. The summed E-state index contributed by atoms with van der Waals surface area (Å²) >= 11 is 6.64. The van der Waals surface area contributed by atoms with E-state index >= 15 is 0 Å². The van der Waals surface area contributed by atoms with Crippen molar-refractivity contribution in [3.63, 3.8) is 0 Å². The maximum Gasteiger partial charge on any atom is 0.410 e. The number of fused-ring (bicyclic) bond motifs is 3. The maximum atomic E-state index is 12.8. The molecule has 2 saturated heterocycles. The van der Waals surface area contributed by atoms with E-state index in [0.717, 1.165) is 50.9 Å². The third-order valence-corrected chi connectivity index (χ3v) is 9.34. The van der Waals surface area contributed by atoms with Gasteiger partial charge >= 0.3 is 12.2 Å². The molecule has 0 atom stereocenters. The zero-order valence-corrected chi connectivity index (χ0v) is 27.7. The van der Waals surface area contributed by atoms with Crippen LogP contribution in [0.3, 0.4) is 0 Å². The highest BCUT2D eigenvalue weighted by Crippen LogP contribution is 2.44. The average molecular weight is 646 g/mol. The average Bonchev–Trinajstić information content (AvgIpc) is 3.35. The van der Waals surface area contributed by atoms with Crippen LogP contribution in [0.5, 0.6) is 5.75 Å². The second kappa shape index (κ2) is 13.9. The molecule has 0 spiro atoms. The number of piperidine rings is 2. The largest absolute Gasteiger partial charge is 0.489 e. The van der Waals surface area contributed by atoms with Crippen LogP contribution in [-0.2, 0) is 16.0 Å². The first-order chi connectivity index (χ1) is 22.1. The molecule has 0 unspecified atom stereocenters. The van der Waals surface area contributed by atoms with Gasteiger partial charge in [0.1, 0.15) is 24.1 Å². The Kier molecular flexibility index (Phi) is 9.76. The number of amides is 2. The topological polar surface area (TPSA) is 80.3 Å². The summed E-state index contributed by atoms with van der Waals surface area (Å²) in [6.45, 7) is 9.68. The molecule has 1 N–H and O–H groups in total. The molecule has 0 aromatic heterocycles. The first kappa shape index (κ1) is 32.2. The number of halogens is 1. The molecule has 9 heteroatoms. The van der Waals surface area contributed by atoms with Gasteiger partial charge in [-0.3, -0.25) is 4.90 Å². The Morgan fingerprint density at radius 1 is 0.870 bits per heavy atom. The number of likely N-dealkylation sites (tertiary alicyclic amines) is 2. The van der Waals surface area contributed by atoms with E-state index in [1.807, 2.05) is 45.0 Å². The highest BCUT2D eigenvalue weighted by atomic mass is 35.5. The van der Waals surface area contributed by atoms with Crippen LogP contribution in [0.4, 0.5) is 9.59 Å². The number of carbonyl (C=O) groups excluding carboxylic acids is 2. The van der Waals surface area contributed by atoms with E-state index in [4.69, 9.17) is 25.8 Å². The van der Waals surface area contributed by atoms with E-state index in [1.54, 1.807) is 4.90 Å². The van der Waals surface area contributed by atoms with Crippen molar-refractivity contribution in [2.45, 2.75) is 76.7 Å². The first-order valence-electron chi connectivity index (χ1n) is 16.4. The number of rotatable bonds is 7. The molecule has 3 aromatic rings. The summed E-state index contributed by atoms with van der Waals surface area (Å²) in [6, 6.07) is 22.8. The molecule has 0 saturated carbocycles. The van der Waals surface area contributed by atoms with Crippen molar-refractivity contribution in [1.29, 1.82) is 0 Å². The van der Waals surface area contributed by atoms with Gasteiger partial charge in [-0.05, 0) is 73.6 Å². The molecule has 2 amide bonds. The Labute approximate surface area is 276 Å². The van der Waals surface area contributed by atoms with Crippen LogP contribution in [0.15, 0.2) is 66.7 Å². The number of hydrogen-bond donors (Lipinski definition) is 1. The Balaban J connectivity index is 0.921. The van der Waals surface area contributed by atoms with Crippen LogP contribution in [-0.4, -0.2) is 72.5 Å². The molecular weight excluding hydrogens is 602 g/mol. The number of benzene rings is 3. The van der Waals surface area contributed by atoms with Gasteiger partial charge in [-0.25, -0.2) is 9.59 Å². The molecular formula is C37H44ClN3O5. The normalized spacial score (nSPS) is 17.7. The van der Waals surface area contributed by atoms with Gasteiger partial charge < -0.3 is 24.4 Å². The SMILES string of the molecule is CC(C)(C)OC(=O)N1CCC(Oc2ccc(CN3CCC(NC(=O)OCC4c5ccccc5-c5ccccc54)CC3)cc2Cl)CC1. The molecule has 2 heterocycles. The van der Waals surface area contributed by atoms with Crippen LogP contribution >= 0.6 is 11.6 Å². The molecule has 6 rings (SSSR count). The fraction of sp³-hybridized carbons (Fsp3) is 0.459. The Bertz CT molecular complexity index is 1490. The number of carbonyl (C=O) groups is 2. The van der Waals surface area contributed by atoms with Crippen LogP contribution in [0.2, 0.25) is 5.02 Å². The van der Waals surface area contributed by atoms with Gasteiger partial charge in [0, 0.05) is 57.5 Å². The van der Waals surface area contributed by atoms with E-state index in [9.17, 15) is 9.59 Å². The molecule has 2 fully saturated rings. The fourth-order valence-electron chi connectivity index (χ4n) is 6.70. The van der Waals surface area contributed by atoms with Gasteiger partial charge in [-0.1, -0.05) is 66.2 Å². The predicted molar refractivity (Wildman–Crippen MR) is 179 cm³/mol. The molecule has 3 aromatic carbocycles. The minimum Gasteiger partial charge on any atom is -0.489 e. The van der Waals surface area contributed by atoms with Gasteiger partial charge in [-0.2, -0.15) is 0 Å². The molecule has 0 radical (unpaired) electrons. The van der Waals surface area contributed by atoms with E-state index in [0.29, 0.717) is 30.5 Å². The fourth-order valence-corrected chi connectivity index (χ4v) is 6.95. The van der Waals surface area contributed by atoms with E-state index in [2.05, 4.69) is 52.7 Å². The van der Waals surface area contributed by atoms with Crippen molar-refractivity contribution in [3.8, 4) is 16.9 Å². The molecule has 244 valence electrons. The first-order valence-corrected chi connectivity index (χ1v) is 16.8. The van der Waals surface area contributed by atoms with Crippen molar-refractivity contribution in [1.82, 2.24) is 15.1 Å². The minimum absolute atomic E-state index is 0.00467. The van der Waals surface area contributed by atoms with Crippen LogP contribution in [0.25, 0.3) is 11.1 Å². The third-order valence-electron chi connectivity index (χ3n) is 9.04. The standard InChI is InChI=1S/C37H44ClN3O5/c1-37(2,3)46-36(43)41-20-16-27(17-21-41)45-34-13-12-25(22-33(34)38)23-40-18-14-26(15-19-40)39-35(42)44-24-32-30-10-6-4-8-28(30)29-9-5-7-11-31(29)32/h4-13,22,26-27,32H,14-21,23-24H2,1-3H3,(H,39,42). The van der Waals surface area contributed by atoms with Gasteiger partial charge in [-0.15, -0.1) is 0 Å². The number of alkyl carbamates (subject to hydrolysis) is 1. The summed E-state index contributed by atoms with van der Waals surface area (Å²) in [4.78, 5) is 29.3. The molecule has 3 aliphatic rings. The van der Waals surface area contributed by atoms with Gasteiger partial charge in [0.05, 0.1) is 5.02 Å². The number of nitrogens with zero attached hydrogens (tertiary/aromatic N) is 2. The predicted octanol–water partition coefficient (Wildman–Crippen LogP) is 7.62. The third kappa shape index (κ3) is 7.78. The smallest absolute Gasteiger partial charge is 0.410 e. The minimum atomic E-state index is -0.502. The van der Waals surface area contributed by atoms with Crippen molar-refractivity contribution >= 4 is 23.8 Å². The van der Waals surface area contributed by atoms with Gasteiger partial charge in [0.15, 0.2) is 0 Å². The lowest BCUT2D eigenvalue weighted by molar-refractivity contribution is 0.0126. The molecule has 1 aliphatic carbocycles. The molecule has 8 nitrogen and oxygen atoms in total. The van der Waals surface area contributed by atoms with Gasteiger partial charge in [0.2, 0.25) is 0 Å². The zero-order valence-electron chi connectivity index (χ0n) is 27.0. The second-order valence-corrected chi connectivity index (χ2v) is 14.0. The number of hydrogen-bond acceptors (Lipinski definition) is 6. The summed E-state index contributed by atoms with van der Waals surface area (Å²) in [5.74, 6) is 0.730. The van der Waals surface area contributed by atoms with Crippen LogP contribution in [0.1, 0.15) is 69.1 Å². The summed E-state index contributed by atoms with van der Waals surface area (Å²) in [5.41, 5.74) is 5.49. The highest BCUT2D eigenvalue weighted by molar-refractivity contribution is 6.32. The Hall–Kier alpha value is -3.75. The highest BCUT2D eigenvalue weighted by Gasteiger charge is 2.30.